The van der Waals surface area contributed by atoms with E-state index < -0.39 is 0 Å². The highest BCUT2D eigenvalue weighted by Crippen LogP contribution is 2.13. The minimum Gasteiger partial charge on any atom is -0.411 e. The van der Waals surface area contributed by atoms with Crippen molar-refractivity contribution in [3.05, 3.63) is 11.6 Å². The van der Waals surface area contributed by atoms with Crippen LogP contribution in [0.1, 0.15) is 47.0 Å². The van der Waals surface area contributed by atoms with Crippen LogP contribution < -0.4 is 0 Å². The van der Waals surface area contributed by atoms with Crippen LogP contribution in [0.4, 0.5) is 0 Å². The molecule has 0 saturated heterocycles. The summed E-state index contributed by atoms with van der Waals surface area (Å²) < 4.78 is 0. The minimum atomic E-state index is 0.395. The van der Waals surface area contributed by atoms with E-state index in [0.29, 0.717) is 5.92 Å². The van der Waals surface area contributed by atoms with E-state index in [1.165, 1.54) is 5.57 Å². The molecule has 0 amide bonds. The molecular weight excluding hydrogens is 162 g/mol. The second-order valence-electron chi connectivity index (χ2n) is 3.49. The Hall–Kier alpha value is -0.790. The highest BCUT2D eigenvalue weighted by atomic mass is 16.4. The van der Waals surface area contributed by atoms with Crippen LogP contribution in [-0.2, 0) is 0 Å². The molecule has 0 radical (unpaired) electrons. The van der Waals surface area contributed by atoms with Crippen molar-refractivity contribution in [2.24, 2.45) is 11.1 Å². The van der Waals surface area contributed by atoms with Gasteiger partial charge in [0, 0.05) is 5.92 Å². The van der Waals surface area contributed by atoms with Gasteiger partial charge in [-0.1, -0.05) is 30.7 Å². The molecule has 0 aromatic heterocycles. The molecular formula is C11H21NO. The minimum absolute atomic E-state index is 0.395. The van der Waals surface area contributed by atoms with Crippen LogP contribution in [0.25, 0.3) is 0 Å². The third kappa shape index (κ3) is 4.71. The maximum atomic E-state index is 8.63. The van der Waals surface area contributed by atoms with Gasteiger partial charge in [-0.25, -0.2) is 0 Å². The molecule has 0 heterocycles. The summed E-state index contributed by atoms with van der Waals surface area (Å²) in [6, 6.07) is 0. The predicted octanol–water partition coefficient (Wildman–Crippen LogP) is 3.61. The summed E-state index contributed by atoms with van der Waals surface area (Å²) in [5, 5.41) is 11.9. The standard InChI is InChI=1S/C11H21NO/c1-5-9(3)7-8-11(6-2)10(4)12-13/h7,11,13H,5-6,8H2,1-4H3/b9-7+,12-10+. The first-order chi connectivity index (χ1) is 6.15. The molecule has 0 saturated carbocycles. The SMILES string of the molecule is CC/C(C)=C/CC(CC)/C(C)=N/O. The predicted molar refractivity (Wildman–Crippen MR) is 57.3 cm³/mol. The smallest absolute Gasteiger partial charge is 0.0573 e. The van der Waals surface area contributed by atoms with Crippen LogP contribution in [0.3, 0.4) is 0 Å². The van der Waals surface area contributed by atoms with Gasteiger partial charge in [0.1, 0.15) is 0 Å². The van der Waals surface area contributed by atoms with Crippen molar-refractivity contribution in [3.63, 3.8) is 0 Å². The summed E-state index contributed by atoms with van der Waals surface area (Å²) in [6.07, 6.45) is 5.37. The van der Waals surface area contributed by atoms with Gasteiger partial charge in [-0.15, -0.1) is 0 Å². The summed E-state index contributed by atoms with van der Waals surface area (Å²) in [5.74, 6) is 0.395. The zero-order valence-corrected chi connectivity index (χ0v) is 9.17. The number of hydrogen-bond donors (Lipinski definition) is 1. The lowest BCUT2D eigenvalue weighted by molar-refractivity contribution is 0.314. The molecule has 0 rings (SSSR count). The fraction of sp³-hybridized carbons (Fsp3) is 0.727. The second-order valence-corrected chi connectivity index (χ2v) is 3.49. The van der Waals surface area contributed by atoms with Crippen LogP contribution in [-0.4, -0.2) is 10.9 Å². The van der Waals surface area contributed by atoms with Crippen molar-refractivity contribution in [3.8, 4) is 0 Å². The lowest BCUT2D eigenvalue weighted by atomic mass is 9.96. The Morgan fingerprint density at radius 1 is 1.38 bits per heavy atom. The van der Waals surface area contributed by atoms with Gasteiger partial charge in [0.15, 0.2) is 0 Å². The second kappa shape index (κ2) is 6.70. The summed E-state index contributed by atoms with van der Waals surface area (Å²) in [5.41, 5.74) is 2.24. The van der Waals surface area contributed by atoms with E-state index in [2.05, 4.69) is 32.0 Å². The molecule has 76 valence electrons. The van der Waals surface area contributed by atoms with Crippen molar-refractivity contribution < 1.29 is 5.21 Å². The van der Waals surface area contributed by atoms with Crippen LogP contribution in [0, 0.1) is 5.92 Å². The molecule has 0 aromatic carbocycles. The molecule has 0 aliphatic heterocycles. The third-order valence-electron chi connectivity index (χ3n) is 2.55. The first-order valence-electron chi connectivity index (χ1n) is 4.99. The average Bonchev–Trinajstić information content (AvgIpc) is 2.17. The first kappa shape index (κ1) is 12.2. The summed E-state index contributed by atoms with van der Waals surface area (Å²) in [7, 11) is 0. The summed E-state index contributed by atoms with van der Waals surface area (Å²) in [6.45, 7) is 8.29. The Morgan fingerprint density at radius 3 is 2.38 bits per heavy atom. The number of hydrogen-bond acceptors (Lipinski definition) is 2. The monoisotopic (exact) mass is 183 g/mol. The fourth-order valence-corrected chi connectivity index (χ4v) is 1.20. The van der Waals surface area contributed by atoms with E-state index in [4.69, 9.17) is 5.21 Å². The lowest BCUT2D eigenvalue weighted by Crippen LogP contribution is -2.09. The van der Waals surface area contributed by atoms with Crippen molar-refractivity contribution in [1.29, 1.82) is 0 Å². The zero-order valence-electron chi connectivity index (χ0n) is 9.17. The maximum Gasteiger partial charge on any atom is 0.0573 e. The Balaban J connectivity index is 4.14. The Bertz CT molecular complexity index is 194. The van der Waals surface area contributed by atoms with Crippen LogP contribution in [0.2, 0.25) is 0 Å². The molecule has 13 heavy (non-hydrogen) atoms. The fourth-order valence-electron chi connectivity index (χ4n) is 1.20. The van der Waals surface area contributed by atoms with Gasteiger partial charge in [-0.05, 0) is 33.1 Å². The maximum absolute atomic E-state index is 8.63. The number of nitrogens with zero attached hydrogens (tertiary/aromatic N) is 1. The zero-order chi connectivity index (χ0) is 10.3. The van der Waals surface area contributed by atoms with Gasteiger partial charge in [-0.2, -0.15) is 0 Å². The molecule has 2 heteroatoms. The van der Waals surface area contributed by atoms with Crippen molar-refractivity contribution >= 4 is 5.71 Å². The lowest BCUT2D eigenvalue weighted by Gasteiger charge is -2.10. The summed E-state index contributed by atoms with van der Waals surface area (Å²) >= 11 is 0. The molecule has 1 atom stereocenters. The van der Waals surface area contributed by atoms with E-state index in [0.717, 1.165) is 25.0 Å². The molecule has 0 aliphatic carbocycles. The average molecular weight is 183 g/mol. The van der Waals surface area contributed by atoms with Gasteiger partial charge in [0.05, 0.1) is 5.71 Å². The van der Waals surface area contributed by atoms with Crippen LogP contribution in [0.5, 0.6) is 0 Å². The number of allylic oxidation sites excluding steroid dienone is 2. The van der Waals surface area contributed by atoms with Crippen LogP contribution in [0.15, 0.2) is 16.8 Å². The molecule has 0 spiro atoms. The molecule has 0 aliphatic rings. The largest absolute Gasteiger partial charge is 0.411 e. The Labute approximate surface area is 81.3 Å². The Kier molecular flexibility index (Phi) is 6.29. The molecule has 0 fully saturated rings. The molecule has 1 N–H and O–H groups in total. The van der Waals surface area contributed by atoms with Crippen molar-refractivity contribution in [1.82, 2.24) is 0 Å². The normalized spacial score (nSPS) is 16.0. The third-order valence-corrected chi connectivity index (χ3v) is 2.55. The molecule has 0 aromatic rings. The highest BCUT2D eigenvalue weighted by Gasteiger charge is 2.08. The molecule has 2 nitrogen and oxygen atoms in total. The van der Waals surface area contributed by atoms with E-state index in [1.54, 1.807) is 0 Å². The van der Waals surface area contributed by atoms with E-state index in [1.807, 2.05) is 6.92 Å². The van der Waals surface area contributed by atoms with Crippen molar-refractivity contribution in [2.45, 2.75) is 47.0 Å². The van der Waals surface area contributed by atoms with Gasteiger partial charge in [0.2, 0.25) is 0 Å². The van der Waals surface area contributed by atoms with Gasteiger partial charge in [0.25, 0.3) is 0 Å². The van der Waals surface area contributed by atoms with E-state index in [9.17, 15) is 0 Å². The number of rotatable bonds is 5. The van der Waals surface area contributed by atoms with Gasteiger partial charge in [-0.3, -0.25) is 0 Å². The van der Waals surface area contributed by atoms with Gasteiger partial charge >= 0.3 is 0 Å². The Morgan fingerprint density at radius 2 is 2.00 bits per heavy atom. The van der Waals surface area contributed by atoms with Crippen LogP contribution >= 0.6 is 0 Å². The van der Waals surface area contributed by atoms with E-state index in [-0.39, 0.29) is 0 Å². The number of oxime groups is 1. The van der Waals surface area contributed by atoms with E-state index >= 15 is 0 Å². The van der Waals surface area contributed by atoms with Gasteiger partial charge < -0.3 is 5.21 Å². The highest BCUT2D eigenvalue weighted by molar-refractivity contribution is 5.83. The van der Waals surface area contributed by atoms with Crippen molar-refractivity contribution in [2.75, 3.05) is 0 Å². The quantitative estimate of drug-likeness (QED) is 0.300. The first-order valence-corrected chi connectivity index (χ1v) is 4.99. The topological polar surface area (TPSA) is 32.6 Å². The molecule has 1 unspecified atom stereocenters. The summed E-state index contributed by atoms with van der Waals surface area (Å²) in [4.78, 5) is 0. The molecule has 0 bridgehead atoms.